The minimum atomic E-state index is -4.13. The number of hydrogen-bond acceptors (Lipinski definition) is 6. The third-order valence-electron chi connectivity index (χ3n) is 5.08. The fourth-order valence-electron chi connectivity index (χ4n) is 3.40. The first-order valence-corrected chi connectivity index (χ1v) is 11.4. The van der Waals surface area contributed by atoms with Gasteiger partial charge in [-0.3, -0.25) is 4.79 Å². The van der Waals surface area contributed by atoms with Crippen LogP contribution < -0.4 is 4.18 Å². The molecule has 0 bridgehead atoms. The average Bonchev–Trinajstić information content (AvgIpc) is 2.83. The number of morpholine rings is 1. The molecule has 0 spiro atoms. The van der Waals surface area contributed by atoms with Crippen molar-refractivity contribution in [3.8, 4) is 11.8 Å². The third-order valence-corrected chi connectivity index (χ3v) is 6.31. The molecule has 7 nitrogen and oxygen atoms in total. The number of ether oxygens (including phenoxy) is 1. The maximum Gasteiger partial charge on any atom is 0.339 e. The predicted molar refractivity (Wildman–Crippen MR) is 119 cm³/mol. The van der Waals surface area contributed by atoms with Gasteiger partial charge in [-0.25, -0.2) is 0 Å². The summed E-state index contributed by atoms with van der Waals surface area (Å²) in [6.07, 6.45) is 1.35. The van der Waals surface area contributed by atoms with Gasteiger partial charge in [0.2, 0.25) is 0 Å². The summed E-state index contributed by atoms with van der Waals surface area (Å²) in [5, 5.41) is 11.2. The van der Waals surface area contributed by atoms with Crippen molar-refractivity contribution in [3.05, 3.63) is 77.9 Å². The van der Waals surface area contributed by atoms with E-state index in [0.29, 0.717) is 31.9 Å². The van der Waals surface area contributed by atoms with E-state index in [0.717, 1.165) is 10.8 Å². The monoisotopic (exact) mass is 448 g/mol. The number of para-hydroxylation sites is 1. The van der Waals surface area contributed by atoms with Crippen molar-refractivity contribution in [2.24, 2.45) is 0 Å². The highest BCUT2D eigenvalue weighted by Crippen LogP contribution is 2.27. The van der Waals surface area contributed by atoms with E-state index in [1.165, 1.54) is 23.1 Å². The molecule has 1 amide bonds. The summed E-state index contributed by atoms with van der Waals surface area (Å²) in [6.45, 7) is 1.61. The Kier molecular flexibility index (Phi) is 6.21. The van der Waals surface area contributed by atoms with Gasteiger partial charge in [-0.05, 0) is 35.0 Å². The number of hydrogen-bond donors (Lipinski definition) is 0. The molecular formula is C24H20N2O5S. The molecule has 3 aromatic rings. The van der Waals surface area contributed by atoms with Crippen molar-refractivity contribution in [2.75, 3.05) is 26.3 Å². The van der Waals surface area contributed by atoms with Crippen molar-refractivity contribution >= 4 is 32.9 Å². The summed E-state index contributed by atoms with van der Waals surface area (Å²) >= 11 is 0. The lowest BCUT2D eigenvalue weighted by molar-refractivity contribution is -0.130. The third kappa shape index (κ3) is 4.64. The van der Waals surface area contributed by atoms with E-state index < -0.39 is 16.0 Å². The van der Waals surface area contributed by atoms with Gasteiger partial charge in [0.1, 0.15) is 22.3 Å². The highest BCUT2D eigenvalue weighted by atomic mass is 32.2. The molecule has 0 unspecified atom stereocenters. The van der Waals surface area contributed by atoms with E-state index in [1.807, 2.05) is 30.3 Å². The number of carbonyl (C=O) groups excluding carboxylic acids is 1. The van der Waals surface area contributed by atoms with Crippen LogP contribution in [-0.2, 0) is 19.6 Å². The molecule has 0 saturated carbocycles. The molecule has 32 heavy (non-hydrogen) atoms. The molecule has 1 aliphatic rings. The average molecular weight is 449 g/mol. The summed E-state index contributed by atoms with van der Waals surface area (Å²) in [4.78, 5) is 14.2. The van der Waals surface area contributed by atoms with Gasteiger partial charge in [-0.2, -0.15) is 13.7 Å². The lowest BCUT2D eigenvalue weighted by Crippen LogP contribution is -2.41. The second-order valence-electron chi connectivity index (χ2n) is 7.16. The Morgan fingerprint density at radius 2 is 1.69 bits per heavy atom. The summed E-state index contributed by atoms with van der Waals surface area (Å²) in [5.74, 6) is -0.397. The minimum absolute atomic E-state index is 0.0138. The van der Waals surface area contributed by atoms with Gasteiger partial charge >= 0.3 is 10.1 Å². The smallest absolute Gasteiger partial charge is 0.339 e. The van der Waals surface area contributed by atoms with Crippen molar-refractivity contribution < 1.29 is 22.1 Å². The Morgan fingerprint density at radius 3 is 2.44 bits per heavy atom. The van der Waals surface area contributed by atoms with E-state index in [-0.39, 0.29) is 16.2 Å². The number of amides is 1. The van der Waals surface area contributed by atoms with Crippen molar-refractivity contribution in [3.63, 3.8) is 0 Å². The zero-order valence-corrected chi connectivity index (χ0v) is 17.9. The van der Waals surface area contributed by atoms with Gasteiger partial charge in [0.15, 0.2) is 0 Å². The van der Waals surface area contributed by atoms with Gasteiger partial charge in [0.25, 0.3) is 5.91 Å². The molecule has 3 aromatic carbocycles. The molecule has 8 heteroatoms. The molecule has 0 aromatic heterocycles. The van der Waals surface area contributed by atoms with Crippen LogP contribution >= 0.6 is 0 Å². The fraction of sp³-hybridized carbons (Fsp3) is 0.167. The second kappa shape index (κ2) is 9.22. The molecule has 0 N–H and O–H groups in total. The number of nitrogens with zero attached hydrogens (tertiary/aromatic N) is 2. The normalized spacial score (nSPS) is 14.7. The topological polar surface area (TPSA) is 96.7 Å². The molecule has 162 valence electrons. The molecule has 4 rings (SSSR count). The standard InChI is InChI=1S/C24H20N2O5S/c25-17-21(24(27)26-11-13-30-14-12-26)15-20-7-3-4-8-23(20)31-32(28,29)22-10-9-18-5-1-2-6-19(18)16-22/h1-10,15-16H,11-14H2/b21-15+. The van der Waals surface area contributed by atoms with Crippen molar-refractivity contribution in [1.82, 2.24) is 4.90 Å². The lowest BCUT2D eigenvalue weighted by Gasteiger charge is -2.26. The zero-order valence-electron chi connectivity index (χ0n) is 17.1. The number of nitriles is 1. The summed E-state index contributed by atoms with van der Waals surface area (Å²) in [6, 6.07) is 20.5. The first-order valence-electron chi connectivity index (χ1n) is 9.99. The Balaban J connectivity index is 1.64. The molecular weight excluding hydrogens is 428 g/mol. The maximum atomic E-state index is 12.9. The lowest BCUT2D eigenvalue weighted by atomic mass is 10.1. The second-order valence-corrected chi connectivity index (χ2v) is 8.70. The molecule has 1 aliphatic heterocycles. The van der Waals surface area contributed by atoms with Gasteiger partial charge in [0, 0.05) is 18.7 Å². The molecule has 1 saturated heterocycles. The highest BCUT2D eigenvalue weighted by Gasteiger charge is 2.22. The molecule has 0 atom stereocenters. The first-order chi connectivity index (χ1) is 15.5. The van der Waals surface area contributed by atoms with Crippen LogP contribution in [-0.4, -0.2) is 45.5 Å². The van der Waals surface area contributed by atoms with Gasteiger partial charge in [0.05, 0.1) is 13.2 Å². The molecule has 0 aliphatic carbocycles. The van der Waals surface area contributed by atoms with E-state index in [9.17, 15) is 18.5 Å². The Labute approximate surface area is 186 Å². The van der Waals surface area contributed by atoms with Crippen LogP contribution in [0.5, 0.6) is 5.75 Å². The summed E-state index contributed by atoms with van der Waals surface area (Å²) in [7, 11) is -4.13. The minimum Gasteiger partial charge on any atom is -0.378 e. The van der Waals surface area contributed by atoms with Crippen LogP contribution in [0.2, 0.25) is 0 Å². The first kappa shape index (κ1) is 21.6. The van der Waals surface area contributed by atoms with E-state index in [1.54, 1.807) is 30.3 Å². The highest BCUT2D eigenvalue weighted by molar-refractivity contribution is 7.87. The van der Waals surface area contributed by atoms with Gasteiger partial charge < -0.3 is 13.8 Å². The number of fused-ring (bicyclic) bond motifs is 1. The number of carbonyl (C=O) groups is 1. The molecule has 1 heterocycles. The van der Waals surface area contributed by atoms with Crippen LogP contribution in [0.1, 0.15) is 5.56 Å². The maximum absolute atomic E-state index is 12.9. The number of rotatable bonds is 5. The van der Waals surface area contributed by atoms with Crippen LogP contribution in [0.4, 0.5) is 0 Å². The summed E-state index contributed by atoms with van der Waals surface area (Å²) in [5.41, 5.74) is 0.209. The van der Waals surface area contributed by atoms with Crippen LogP contribution in [0, 0.1) is 11.3 Å². The van der Waals surface area contributed by atoms with E-state index >= 15 is 0 Å². The molecule has 1 fully saturated rings. The largest absolute Gasteiger partial charge is 0.378 e. The predicted octanol–water partition coefficient (Wildman–Crippen LogP) is 3.37. The van der Waals surface area contributed by atoms with Crippen LogP contribution in [0.15, 0.2) is 77.2 Å². The quantitative estimate of drug-likeness (QED) is 0.337. The van der Waals surface area contributed by atoms with Crippen LogP contribution in [0.25, 0.3) is 16.8 Å². The van der Waals surface area contributed by atoms with Crippen molar-refractivity contribution in [2.45, 2.75) is 4.90 Å². The Bertz CT molecular complexity index is 1340. The number of benzene rings is 3. The Hall–Kier alpha value is -3.67. The summed E-state index contributed by atoms with van der Waals surface area (Å²) < 4.78 is 36.5. The zero-order chi connectivity index (χ0) is 22.6. The SMILES string of the molecule is N#C/C(=C\c1ccccc1OS(=O)(=O)c1ccc2ccccc2c1)C(=O)N1CCOCC1. The molecule has 0 radical (unpaired) electrons. The van der Waals surface area contributed by atoms with Crippen molar-refractivity contribution in [1.29, 1.82) is 5.26 Å². The fourth-order valence-corrected chi connectivity index (χ4v) is 4.39. The van der Waals surface area contributed by atoms with E-state index in [2.05, 4.69) is 0 Å². The van der Waals surface area contributed by atoms with Gasteiger partial charge in [-0.15, -0.1) is 0 Å². The van der Waals surface area contributed by atoms with Gasteiger partial charge in [-0.1, -0.05) is 48.5 Å². The Morgan fingerprint density at radius 1 is 1.00 bits per heavy atom. The van der Waals surface area contributed by atoms with E-state index in [4.69, 9.17) is 8.92 Å². The van der Waals surface area contributed by atoms with Crippen LogP contribution in [0.3, 0.4) is 0 Å².